The summed E-state index contributed by atoms with van der Waals surface area (Å²) in [7, 11) is 0.722. The number of nitrogens with zero attached hydrogens (tertiary/aromatic N) is 4. The molecule has 0 aromatic heterocycles. The summed E-state index contributed by atoms with van der Waals surface area (Å²) in [6, 6.07) is 2.61. The topological polar surface area (TPSA) is 132 Å². The van der Waals surface area contributed by atoms with Crippen molar-refractivity contribution in [2.24, 2.45) is 0 Å². The molecule has 0 spiro atoms. The van der Waals surface area contributed by atoms with Crippen molar-refractivity contribution in [2.45, 2.75) is 44.3 Å². The number of aliphatic carboxylic acids is 2. The summed E-state index contributed by atoms with van der Waals surface area (Å²) >= 11 is 0. The smallest absolute Gasteiger partial charge is 0.317 e. The summed E-state index contributed by atoms with van der Waals surface area (Å²) in [4.78, 5) is 43.3. The fourth-order valence-electron chi connectivity index (χ4n) is 5.32. The molecule has 12 nitrogen and oxygen atoms in total. The second-order valence-corrected chi connectivity index (χ2v) is 17.1. The van der Waals surface area contributed by atoms with Crippen LogP contribution in [0.2, 0.25) is 18.6 Å². The number of ketones is 1. The first-order chi connectivity index (χ1) is 20.6. The Morgan fingerprint density at radius 3 is 1.63 bits per heavy atom. The van der Waals surface area contributed by atoms with Gasteiger partial charge in [0, 0.05) is 71.6 Å². The van der Waals surface area contributed by atoms with Gasteiger partial charge in [-0.25, -0.2) is 0 Å². The van der Waals surface area contributed by atoms with Gasteiger partial charge in [-0.2, -0.15) is 0 Å². The van der Waals surface area contributed by atoms with Crippen LogP contribution in [-0.4, -0.2) is 174 Å². The summed E-state index contributed by atoms with van der Waals surface area (Å²) in [5.74, 6) is -1.67. The molecule has 248 valence electrons. The maximum absolute atomic E-state index is 12.7. The molecule has 1 fully saturated rings. The molecule has 1 saturated heterocycles. The number of carboxylic acid groups (broad SMARTS) is 2. The second-order valence-electron chi connectivity index (χ2n) is 12.2. The highest BCUT2D eigenvalue weighted by molar-refractivity contribution is 6.78. The lowest BCUT2D eigenvalue weighted by Crippen LogP contribution is -2.47. The number of carbonyl (C=O) groups is 3. The fourth-order valence-corrected chi connectivity index (χ4v) is 8.22. The predicted molar refractivity (Wildman–Crippen MR) is 168 cm³/mol. The van der Waals surface area contributed by atoms with E-state index in [4.69, 9.17) is 14.2 Å². The Hall–Kier alpha value is -1.71. The first-order valence-corrected chi connectivity index (χ1v) is 19.0. The third kappa shape index (κ3) is 18.6. The van der Waals surface area contributed by atoms with Gasteiger partial charge in [0.05, 0.1) is 54.1 Å². The van der Waals surface area contributed by atoms with Crippen LogP contribution in [0.1, 0.15) is 25.7 Å². The molecule has 13 heteroatoms. The van der Waals surface area contributed by atoms with Crippen molar-refractivity contribution in [3.63, 3.8) is 0 Å². The van der Waals surface area contributed by atoms with Gasteiger partial charge in [0.15, 0.2) is 0 Å². The van der Waals surface area contributed by atoms with Gasteiger partial charge in [0.2, 0.25) is 0 Å². The van der Waals surface area contributed by atoms with Crippen LogP contribution in [0.15, 0.2) is 12.2 Å². The molecule has 2 N–H and O–H groups in total. The Kier molecular flexibility index (Phi) is 19.1. The minimum Gasteiger partial charge on any atom is -0.480 e. The number of allylic oxidation sites excluding steroid dienone is 2. The van der Waals surface area contributed by atoms with E-state index in [-0.39, 0.29) is 18.9 Å². The van der Waals surface area contributed by atoms with Crippen LogP contribution in [0.25, 0.3) is 0 Å². The van der Waals surface area contributed by atoms with Crippen molar-refractivity contribution in [3.05, 3.63) is 12.2 Å². The van der Waals surface area contributed by atoms with Crippen LogP contribution in [0.3, 0.4) is 0 Å². The summed E-state index contributed by atoms with van der Waals surface area (Å²) in [6.45, 7) is 9.97. The summed E-state index contributed by atoms with van der Waals surface area (Å²) in [5, 5.41) is 18.6. The number of Topliss-reactive ketones (excluding diaryl/α,β-unsaturated/α-hetero) is 1. The molecule has 2 rings (SSSR count). The maximum atomic E-state index is 12.7. The zero-order valence-electron chi connectivity index (χ0n) is 26.6. The first kappa shape index (κ1) is 37.5. The number of carboxylic acids is 2. The van der Waals surface area contributed by atoms with E-state index in [1.54, 1.807) is 0 Å². The standard InChI is InChI=1S/C30H56N4O8Si/c1-31-9-11-32(13-14-34(26-30(38)39)16-15-33(12-10-31)25-29(36)37)24-28(35)8-7-17-40-18-19-41-20-21-42-27-43(2)22-5-3-4-6-23-43/h3-4H,5-27H2,1-2H3,(H,36,37)(H,38,39). The van der Waals surface area contributed by atoms with Gasteiger partial charge in [0.25, 0.3) is 0 Å². The lowest BCUT2D eigenvalue weighted by atomic mass is 10.2. The zero-order chi connectivity index (χ0) is 31.3. The molecule has 2 aliphatic rings. The molecule has 0 atom stereocenters. The molecule has 43 heavy (non-hydrogen) atoms. The normalized spacial score (nSPS) is 20.2. The van der Waals surface area contributed by atoms with Crippen molar-refractivity contribution in [2.75, 3.05) is 118 Å². The number of carbonyl (C=O) groups excluding carboxylic acids is 1. The minimum absolute atomic E-state index is 0.0693. The third-order valence-electron chi connectivity index (χ3n) is 8.11. The van der Waals surface area contributed by atoms with Crippen molar-refractivity contribution >= 4 is 25.8 Å². The number of hydrogen-bond donors (Lipinski definition) is 2. The van der Waals surface area contributed by atoms with E-state index in [1.807, 2.05) is 16.8 Å². The van der Waals surface area contributed by atoms with Gasteiger partial charge in [-0.15, -0.1) is 0 Å². The molecular formula is C30H56N4O8Si. The number of hydrogen-bond acceptors (Lipinski definition) is 10. The van der Waals surface area contributed by atoms with Gasteiger partial charge in [0.1, 0.15) is 5.78 Å². The van der Waals surface area contributed by atoms with E-state index in [0.29, 0.717) is 98.2 Å². The molecule has 0 aromatic rings. The molecule has 2 aliphatic heterocycles. The molecule has 0 radical (unpaired) electrons. The number of ether oxygens (including phenoxy) is 3. The average molecular weight is 629 g/mol. The Bertz CT molecular complexity index is 839. The Morgan fingerprint density at radius 2 is 1.12 bits per heavy atom. The van der Waals surface area contributed by atoms with Crippen molar-refractivity contribution in [3.8, 4) is 0 Å². The van der Waals surface area contributed by atoms with E-state index >= 15 is 0 Å². The van der Waals surface area contributed by atoms with Gasteiger partial charge in [-0.3, -0.25) is 29.1 Å². The van der Waals surface area contributed by atoms with E-state index < -0.39 is 20.0 Å². The average Bonchev–Trinajstić information content (AvgIpc) is 3.17. The first-order valence-electron chi connectivity index (χ1n) is 15.8. The molecule has 0 saturated carbocycles. The maximum Gasteiger partial charge on any atom is 0.317 e. The third-order valence-corrected chi connectivity index (χ3v) is 12.0. The second kappa shape index (κ2) is 21.9. The zero-order valence-corrected chi connectivity index (χ0v) is 27.6. The molecule has 0 bridgehead atoms. The van der Waals surface area contributed by atoms with Crippen LogP contribution >= 0.6 is 0 Å². The molecule has 0 aromatic carbocycles. The highest BCUT2D eigenvalue weighted by Gasteiger charge is 2.27. The van der Waals surface area contributed by atoms with Gasteiger partial charge in [-0.1, -0.05) is 30.8 Å². The van der Waals surface area contributed by atoms with Gasteiger partial charge < -0.3 is 29.3 Å². The van der Waals surface area contributed by atoms with E-state index in [1.165, 1.54) is 24.9 Å². The summed E-state index contributed by atoms with van der Waals surface area (Å²) < 4.78 is 17.2. The highest BCUT2D eigenvalue weighted by Crippen LogP contribution is 2.23. The van der Waals surface area contributed by atoms with Gasteiger partial charge in [-0.05, 0) is 26.3 Å². The summed E-state index contributed by atoms with van der Waals surface area (Å²) in [6.07, 6.45) is 8.97. The molecule has 0 amide bonds. The predicted octanol–water partition coefficient (Wildman–Crippen LogP) is 1.37. The lowest BCUT2D eigenvalue weighted by Gasteiger charge is -2.32. The highest BCUT2D eigenvalue weighted by atomic mass is 28.3. The van der Waals surface area contributed by atoms with E-state index in [0.717, 1.165) is 12.8 Å². The lowest BCUT2D eigenvalue weighted by molar-refractivity contribution is -0.140. The monoisotopic (exact) mass is 628 g/mol. The number of rotatable bonds is 18. The van der Waals surface area contributed by atoms with Crippen LogP contribution in [-0.2, 0) is 28.6 Å². The molecule has 0 aliphatic carbocycles. The van der Waals surface area contributed by atoms with Crippen LogP contribution in [0.5, 0.6) is 0 Å². The molecule has 2 heterocycles. The van der Waals surface area contributed by atoms with Gasteiger partial charge >= 0.3 is 11.9 Å². The largest absolute Gasteiger partial charge is 0.480 e. The molecule has 0 unspecified atom stereocenters. The molecular weight excluding hydrogens is 572 g/mol. The summed E-state index contributed by atoms with van der Waals surface area (Å²) in [5.41, 5.74) is 0. The van der Waals surface area contributed by atoms with Crippen molar-refractivity contribution in [1.82, 2.24) is 19.6 Å². The fraction of sp³-hybridized carbons (Fsp3) is 0.833. The van der Waals surface area contributed by atoms with Crippen LogP contribution < -0.4 is 0 Å². The Labute approximate surface area is 258 Å². The van der Waals surface area contributed by atoms with Crippen LogP contribution in [0.4, 0.5) is 0 Å². The Morgan fingerprint density at radius 1 is 0.674 bits per heavy atom. The SMILES string of the molecule is CN1CCN(CC(=O)O)CCN(CC(=O)O)CCN(CC(=O)CCCOCCOCCOC[Si]2(C)CCC=CCC2)CC1. The van der Waals surface area contributed by atoms with E-state index in [9.17, 15) is 24.6 Å². The van der Waals surface area contributed by atoms with E-state index in [2.05, 4.69) is 28.5 Å². The van der Waals surface area contributed by atoms with Crippen molar-refractivity contribution in [1.29, 1.82) is 0 Å². The quantitative estimate of drug-likeness (QED) is 0.129. The number of likely N-dealkylation sites (N-methyl/N-ethyl adjacent to an activating group) is 1. The van der Waals surface area contributed by atoms with Crippen LogP contribution in [0, 0.1) is 0 Å². The minimum atomic E-state index is -1.27. The Balaban J connectivity index is 1.61. The van der Waals surface area contributed by atoms with Crippen molar-refractivity contribution < 1.29 is 38.8 Å².